The second kappa shape index (κ2) is 2.92. The van der Waals surface area contributed by atoms with E-state index in [2.05, 4.69) is 5.32 Å². The van der Waals surface area contributed by atoms with E-state index >= 15 is 0 Å². The molecule has 1 spiro atoms. The number of hydrogen-bond donors (Lipinski definition) is 1. The van der Waals surface area contributed by atoms with E-state index in [1.807, 2.05) is 0 Å². The molecule has 1 saturated heterocycles. The molecule has 5 saturated carbocycles. The molecule has 5 aliphatic carbocycles. The van der Waals surface area contributed by atoms with E-state index in [0.29, 0.717) is 0 Å². The molecule has 1 atom stereocenters. The molecule has 6 aliphatic rings. The van der Waals surface area contributed by atoms with Gasteiger partial charge in [-0.3, -0.25) is 0 Å². The molecule has 17 heavy (non-hydrogen) atoms. The van der Waals surface area contributed by atoms with Gasteiger partial charge in [-0.1, -0.05) is 0 Å². The van der Waals surface area contributed by atoms with Crippen LogP contribution in [0, 0.1) is 28.6 Å². The van der Waals surface area contributed by atoms with Gasteiger partial charge in [0, 0.05) is 6.04 Å². The second-order valence-corrected chi connectivity index (χ2v) is 8.28. The van der Waals surface area contributed by atoms with E-state index in [1.54, 1.807) is 51.4 Å². The highest BCUT2D eigenvalue weighted by Gasteiger charge is 2.63. The first kappa shape index (κ1) is 9.83. The Morgan fingerprint density at radius 2 is 1.29 bits per heavy atom. The zero-order chi connectivity index (χ0) is 11.1. The van der Waals surface area contributed by atoms with Crippen LogP contribution in [-0.4, -0.2) is 12.6 Å². The van der Waals surface area contributed by atoms with Crippen molar-refractivity contribution in [3.8, 4) is 0 Å². The minimum atomic E-state index is 0.766. The lowest BCUT2D eigenvalue weighted by Gasteiger charge is -2.60. The summed E-state index contributed by atoms with van der Waals surface area (Å²) in [6.45, 7) is 1.33. The van der Waals surface area contributed by atoms with Gasteiger partial charge in [0.15, 0.2) is 0 Å². The molecule has 0 aromatic heterocycles. The van der Waals surface area contributed by atoms with Crippen molar-refractivity contribution in [1.82, 2.24) is 5.32 Å². The minimum Gasteiger partial charge on any atom is -0.313 e. The van der Waals surface area contributed by atoms with E-state index in [-0.39, 0.29) is 0 Å². The van der Waals surface area contributed by atoms with Crippen LogP contribution in [0.5, 0.6) is 0 Å². The maximum Gasteiger partial charge on any atom is 0.0181 e. The molecule has 6 fully saturated rings. The fraction of sp³-hybridized carbons (Fsp3) is 1.00. The molecule has 0 radical (unpaired) electrons. The molecule has 0 aromatic rings. The molecule has 1 N–H and O–H groups in total. The molecule has 1 nitrogen and oxygen atoms in total. The Hall–Kier alpha value is -0.0400. The molecule has 0 aromatic carbocycles. The predicted molar refractivity (Wildman–Crippen MR) is 68.7 cm³/mol. The van der Waals surface area contributed by atoms with Crippen molar-refractivity contribution in [2.75, 3.05) is 6.54 Å². The van der Waals surface area contributed by atoms with Crippen LogP contribution < -0.4 is 5.32 Å². The third-order valence-corrected chi connectivity index (χ3v) is 7.17. The first-order chi connectivity index (χ1) is 8.28. The number of hydrogen-bond acceptors (Lipinski definition) is 1. The normalized spacial score (nSPS) is 57.9. The summed E-state index contributed by atoms with van der Waals surface area (Å²) in [4.78, 5) is 0. The fourth-order valence-electron chi connectivity index (χ4n) is 6.92. The van der Waals surface area contributed by atoms with Gasteiger partial charge in [0.2, 0.25) is 0 Å². The quantitative estimate of drug-likeness (QED) is 0.730. The SMILES string of the molecule is C1CC2(CC2)C(C23CC4CC(CC(C4)C2)C3)N1. The van der Waals surface area contributed by atoms with Gasteiger partial charge in [-0.25, -0.2) is 0 Å². The molecule has 6 rings (SSSR count). The van der Waals surface area contributed by atoms with Crippen LogP contribution in [0.15, 0.2) is 0 Å². The van der Waals surface area contributed by atoms with Crippen molar-refractivity contribution in [2.24, 2.45) is 28.6 Å². The van der Waals surface area contributed by atoms with Gasteiger partial charge in [-0.15, -0.1) is 0 Å². The summed E-state index contributed by atoms with van der Waals surface area (Å²) in [5, 5.41) is 3.97. The van der Waals surface area contributed by atoms with Crippen LogP contribution in [0.3, 0.4) is 0 Å². The summed E-state index contributed by atoms with van der Waals surface area (Å²) in [5.41, 5.74) is 1.56. The van der Waals surface area contributed by atoms with E-state index in [4.69, 9.17) is 0 Å². The van der Waals surface area contributed by atoms with Gasteiger partial charge in [0.05, 0.1) is 0 Å². The smallest absolute Gasteiger partial charge is 0.0181 e. The maximum atomic E-state index is 3.97. The summed E-state index contributed by atoms with van der Waals surface area (Å²) in [6.07, 6.45) is 14.2. The first-order valence-electron chi connectivity index (χ1n) is 8.02. The van der Waals surface area contributed by atoms with Crippen molar-refractivity contribution < 1.29 is 0 Å². The average Bonchev–Trinajstić information content (AvgIpc) is 2.86. The molecule has 1 unspecified atom stereocenters. The standard InChI is InChI=1S/C16H25N/c1-2-15(1)3-4-17-14(15)16-8-11-5-12(9-16)7-13(6-11)10-16/h11-14,17H,1-10H2. The Labute approximate surface area is 105 Å². The molecule has 94 valence electrons. The lowest BCUT2D eigenvalue weighted by molar-refractivity contribution is -0.0808. The maximum absolute atomic E-state index is 3.97. The monoisotopic (exact) mass is 231 g/mol. The summed E-state index contributed by atoms with van der Waals surface area (Å²) < 4.78 is 0. The zero-order valence-corrected chi connectivity index (χ0v) is 10.9. The zero-order valence-electron chi connectivity index (χ0n) is 10.9. The highest BCUT2D eigenvalue weighted by atomic mass is 15.0. The van der Waals surface area contributed by atoms with E-state index < -0.39 is 0 Å². The van der Waals surface area contributed by atoms with Gasteiger partial charge in [0.25, 0.3) is 0 Å². The fourth-order valence-corrected chi connectivity index (χ4v) is 6.92. The Morgan fingerprint density at radius 3 is 1.82 bits per heavy atom. The van der Waals surface area contributed by atoms with E-state index in [9.17, 15) is 0 Å². The Kier molecular flexibility index (Phi) is 1.69. The van der Waals surface area contributed by atoms with Gasteiger partial charge < -0.3 is 5.32 Å². The Balaban J connectivity index is 1.53. The van der Waals surface area contributed by atoms with Crippen molar-refractivity contribution in [1.29, 1.82) is 0 Å². The average molecular weight is 231 g/mol. The summed E-state index contributed by atoms with van der Waals surface area (Å²) in [6, 6.07) is 0.934. The van der Waals surface area contributed by atoms with Gasteiger partial charge >= 0.3 is 0 Å². The van der Waals surface area contributed by atoms with Gasteiger partial charge in [-0.05, 0) is 92.9 Å². The lowest BCUT2D eigenvalue weighted by Crippen LogP contribution is -2.56. The molecule has 0 amide bonds. The van der Waals surface area contributed by atoms with Crippen molar-refractivity contribution in [3.05, 3.63) is 0 Å². The van der Waals surface area contributed by atoms with Crippen LogP contribution >= 0.6 is 0 Å². The van der Waals surface area contributed by atoms with Crippen LogP contribution in [0.4, 0.5) is 0 Å². The first-order valence-corrected chi connectivity index (χ1v) is 8.02. The third kappa shape index (κ3) is 1.20. The number of rotatable bonds is 1. The highest BCUT2D eigenvalue weighted by molar-refractivity contribution is 5.17. The van der Waals surface area contributed by atoms with Gasteiger partial charge in [0.1, 0.15) is 0 Å². The van der Waals surface area contributed by atoms with Crippen molar-refractivity contribution in [2.45, 2.75) is 63.8 Å². The molecular weight excluding hydrogens is 206 g/mol. The van der Waals surface area contributed by atoms with Crippen LogP contribution in [0.1, 0.15) is 57.8 Å². The summed E-state index contributed by atoms with van der Waals surface area (Å²) >= 11 is 0. The second-order valence-electron chi connectivity index (χ2n) is 8.28. The molecular formula is C16H25N. The minimum absolute atomic E-state index is 0.766. The van der Waals surface area contributed by atoms with E-state index in [0.717, 1.165) is 34.6 Å². The topological polar surface area (TPSA) is 12.0 Å². The Bertz CT molecular complexity index is 319. The molecule has 4 bridgehead atoms. The summed E-state index contributed by atoms with van der Waals surface area (Å²) in [5.74, 6) is 3.37. The lowest BCUT2D eigenvalue weighted by atomic mass is 9.46. The predicted octanol–water partition coefficient (Wildman–Crippen LogP) is 3.34. The van der Waals surface area contributed by atoms with Gasteiger partial charge in [-0.2, -0.15) is 0 Å². The van der Waals surface area contributed by atoms with Crippen LogP contribution in [0.2, 0.25) is 0 Å². The number of nitrogens with one attached hydrogen (secondary N) is 1. The molecule has 1 aliphatic heterocycles. The van der Waals surface area contributed by atoms with Crippen molar-refractivity contribution >= 4 is 0 Å². The molecule has 1 heteroatoms. The highest BCUT2D eigenvalue weighted by Crippen LogP contribution is 2.68. The van der Waals surface area contributed by atoms with Crippen LogP contribution in [-0.2, 0) is 0 Å². The van der Waals surface area contributed by atoms with Crippen molar-refractivity contribution in [3.63, 3.8) is 0 Å². The summed E-state index contributed by atoms with van der Waals surface area (Å²) in [7, 11) is 0. The third-order valence-electron chi connectivity index (χ3n) is 7.17. The van der Waals surface area contributed by atoms with Crippen LogP contribution in [0.25, 0.3) is 0 Å². The molecule has 1 heterocycles. The van der Waals surface area contributed by atoms with E-state index in [1.165, 1.54) is 13.0 Å². The largest absolute Gasteiger partial charge is 0.313 e. The Morgan fingerprint density at radius 1 is 0.706 bits per heavy atom.